The molecule has 2 aliphatic heterocycles. The third kappa shape index (κ3) is 3.88. The second kappa shape index (κ2) is 6.96. The highest BCUT2D eigenvalue weighted by Crippen LogP contribution is 2.36. The monoisotopic (exact) mass is 335 g/mol. The Kier molecular flexibility index (Phi) is 5.10. The molecular formula is C16H26BN3O4. The Hall–Kier alpha value is -1.22. The van der Waals surface area contributed by atoms with Crippen LogP contribution in [0.25, 0.3) is 0 Å². The molecule has 0 bridgehead atoms. The first-order chi connectivity index (χ1) is 11.4. The van der Waals surface area contributed by atoms with Gasteiger partial charge in [0.1, 0.15) is 6.61 Å². The van der Waals surface area contributed by atoms with Crippen molar-refractivity contribution in [2.75, 3.05) is 39.5 Å². The predicted molar refractivity (Wildman–Crippen MR) is 90.5 cm³/mol. The van der Waals surface area contributed by atoms with Crippen molar-refractivity contribution in [3.63, 3.8) is 0 Å². The van der Waals surface area contributed by atoms with Crippen LogP contribution in [0.2, 0.25) is 0 Å². The third-order valence-corrected chi connectivity index (χ3v) is 4.92. The van der Waals surface area contributed by atoms with Crippen LogP contribution in [-0.4, -0.2) is 72.6 Å². The quantitative estimate of drug-likeness (QED) is 0.726. The van der Waals surface area contributed by atoms with E-state index in [2.05, 4.69) is 14.9 Å². The van der Waals surface area contributed by atoms with Gasteiger partial charge in [-0.1, -0.05) is 0 Å². The van der Waals surface area contributed by atoms with Gasteiger partial charge >= 0.3 is 13.1 Å². The zero-order valence-corrected chi connectivity index (χ0v) is 14.9. The van der Waals surface area contributed by atoms with Crippen LogP contribution in [0.5, 0.6) is 6.01 Å². The molecule has 24 heavy (non-hydrogen) atoms. The fraction of sp³-hybridized carbons (Fsp3) is 0.750. The first kappa shape index (κ1) is 17.6. The number of aromatic nitrogens is 2. The van der Waals surface area contributed by atoms with Crippen molar-refractivity contribution in [1.29, 1.82) is 0 Å². The molecule has 8 heteroatoms. The lowest BCUT2D eigenvalue weighted by Crippen LogP contribution is -2.41. The summed E-state index contributed by atoms with van der Waals surface area (Å²) in [5, 5.41) is 0. The molecule has 0 saturated carbocycles. The van der Waals surface area contributed by atoms with Crippen LogP contribution in [0, 0.1) is 0 Å². The maximum Gasteiger partial charge on any atom is 0.498 e. The number of ether oxygens (including phenoxy) is 2. The summed E-state index contributed by atoms with van der Waals surface area (Å²) in [5.74, 6) is 0. The van der Waals surface area contributed by atoms with Crippen molar-refractivity contribution >= 4 is 12.6 Å². The molecule has 0 atom stereocenters. The van der Waals surface area contributed by atoms with E-state index in [0.717, 1.165) is 38.3 Å². The molecule has 1 aromatic heterocycles. The summed E-state index contributed by atoms with van der Waals surface area (Å²) in [7, 11) is -0.447. The van der Waals surface area contributed by atoms with Crippen LogP contribution in [0.3, 0.4) is 0 Å². The summed E-state index contributed by atoms with van der Waals surface area (Å²) in [6.45, 7) is 13.0. The first-order valence-corrected chi connectivity index (χ1v) is 8.48. The molecule has 0 unspecified atom stereocenters. The maximum absolute atomic E-state index is 5.99. The van der Waals surface area contributed by atoms with Crippen molar-refractivity contribution in [1.82, 2.24) is 14.9 Å². The first-order valence-electron chi connectivity index (χ1n) is 8.48. The van der Waals surface area contributed by atoms with Crippen molar-refractivity contribution in [2.24, 2.45) is 0 Å². The molecule has 2 aliphatic rings. The van der Waals surface area contributed by atoms with Gasteiger partial charge in [-0.25, -0.2) is 9.97 Å². The fourth-order valence-electron chi connectivity index (χ4n) is 2.59. The lowest BCUT2D eigenvalue weighted by atomic mass is 9.81. The average molecular weight is 335 g/mol. The van der Waals surface area contributed by atoms with E-state index in [0.29, 0.717) is 12.6 Å². The van der Waals surface area contributed by atoms with Crippen LogP contribution < -0.4 is 10.2 Å². The van der Waals surface area contributed by atoms with Crippen LogP contribution >= 0.6 is 0 Å². The predicted octanol–water partition coefficient (Wildman–Crippen LogP) is 0.487. The molecule has 2 saturated heterocycles. The number of hydrogen-bond acceptors (Lipinski definition) is 7. The highest BCUT2D eigenvalue weighted by Gasteiger charge is 2.51. The molecule has 0 spiro atoms. The lowest BCUT2D eigenvalue weighted by molar-refractivity contribution is 0.00578. The number of nitrogens with zero attached hydrogens (tertiary/aromatic N) is 3. The molecule has 3 heterocycles. The molecule has 2 fully saturated rings. The Labute approximate surface area is 143 Å². The van der Waals surface area contributed by atoms with Gasteiger partial charge in [-0.15, -0.1) is 0 Å². The minimum Gasteiger partial charge on any atom is -0.462 e. The summed E-state index contributed by atoms with van der Waals surface area (Å²) >= 11 is 0. The van der Waals surface area contributed by atoms with Crippen molar-refractivity contribution in [3.05, 3.63) is 12.4 Å². The number of rotatable bonds is 5. The van der Waals surface area contributed by atoms with E-state index in [9.17, 15) is 0 Å². The Morgan fingerprint density at radius 1 is 1.08 bits per heavy atom. The molecule has 3 rings (SSSR count). The smallest absolute Gasteiger partial charge is 0.462 e. The summed E-state index contributed by atoms with van der Waals surface area (Å²) in [5.41, 5.74) is 0.0601. The fourth-order valence-corrected chi connectivity index (χ4v) is 2.59. The van der Waals surface area contributed by atoms with E-state index in [1.54, 1.807) is 12.4 Å². The molecule has 132 valence electrons. The minimum absolute atomic E-state index is 0.370. The molecule has 0 N–H and O–H groups in total. The molecule has 0 aromatic carbocycles. The Morgan fingerprint density at radius 2 is 1.67 bits per heavy atom. The van der Waals surface area contributed by atoms with Gasteiger partial charge in [0.05, 0.1) is 24.4 Å². The largest absolute Gasteiger partial charge is 0.498 e. The number of morpholine rings is 1. The molecule has 7 nitrogen and oxygen atoms in total. The summed E-state index contributed by atoms with van der Waals surface area (Å²) in [6.07, 6.45) is 3.42. The molecule has 0 amide bonds. The van der Waals surface area contributed by atoms with Crippen LogP contribution in [0.15, 0.2) is 12.4 Å². The van der Waals surface area contributed by atoms with Gasteiger partial charge < -0.3 is 18.8 Å². The average Bonchev–Trinajstić information content (AvgIpc) is 2.77. The van der Waals surface area contributed by atoms with Gasteiger partial charge in [0.15, 0.2) is 0 Å². The van der Waals surface area contributed by atoms with Crippen molar-refractivity contribution in [3.8, 4) is 6.01 Å². The van der Waals surface area contributed by atoms with Crippen LogP contribution in [-0.2, 0) is 14.0 Å². The van der Waals surface area contributed by atoms with Crippen molar-refractivity contribution < 1.29 is 18.8 Å². The summed E-state index contributed by atoms with van der Waals surface area (Å²) < 4.78 is 22.9. The van der Waals surface area contributed by atoms with E-state index in [4.69, 9.17) is 18.8 Å². The van der Waals surface area contributed by atoms with Gasteiger partial charge in [-0.2, -0.15) is 0 Å². The summed E-state index contributed by atoms with van der Waals surface area (Å²) in [4.78, 5) is 10.8. The maximum atomic E-state index is 5.99. The standard InChI is InChI=1S/C16H26BN3O4/c1-15(2)16(3,4)24-17(23-15)13-11-18-14(19-12-13)22-10-7-20-5-8-21-9-6-20/h11-12H,5-10H2,1-4H3. The van der Waals surface area contributed by atoms with Gasteiger partial charge in [0.2, 0.25) is 0 Å². The Bertz CT molecular complexity index is 531. The van der Waals surface area contributed by atoms with E-state index in [1.165, 1.54) is 0 Å². The van der Waals surface area contributed by atoms with E-state index in [1.807, 2.05) is 27.7 Å². The minimum atomic E-state index is -0.447. The molecule has 0 radical (unpaired) electrons. The zero-order chi connectivity index (χ0) is 17.2. The Balaban J connectivity index is 1.50. The van der Waals surface area contributed by atoms with Crippen LogP contribution in [0.4, 0.5) is 0 Å². The SMILES string of the molecule is CC1(C)OB(c2cnc(OCCN3CCOCC3)nc2)OC1(C)C. The van der Waals surface area contributed by atoms with Gasteiger partial charge in [0, 0.05) is 37.5 Å². The lowest BCUT2D eigenvalue weighted by Gasteiger charge is -2.32. The number of hydrogen-bond donors (Lipinski definition) is 0. The molecule has 0 aliphatic carbocycles. The van der Waals surface area contributed by atoms with E-state index >= 15 is 0 Å². The summed E-state index contributed by atoms with van der Waals surface area (Å²) in [6, 6.07) is 0.378. The van der Waals surface area contributed by atoms with Gasteiger partial charge in [0.25, 0.3) is 0 Å². The third-order valence-electron chi connectivity index (χ3n) is 4.92. The van der Waals surface area contributed by atoms with Gasteiger partial charge in [-0.3, -0.25) is 4.90 Å². The Morgan fingerprint density at radius 3 is 2.25 bits per heavy atom. The highest BCUT2D eigenvalue weighted by atomic mass is 16.7. The normalized spacial score (nSPS) is 23.4. The highest BCUT2D eigenvalue weighted by molar-refractivity contribution is 6.61. The van der Waals surface area contributed by atoms with Gasteiger partial charge in [-0.05, 0) is 27.7 Å². The van der Waals surface area contributed by atoms with Crippen molar-refractivity contribution in [2.45, 2.75) is 38.9 Å². The van der Waals surface area contributed by atoms with Crippen LogP contribution in [0.1, 0.15) is 27.7 Å². The second-order valence-electron chi connectivity index (χ2n) is 7.19. The topological polar surface area (TPSA) is 65.9 Å². The second-order valence-corrected chi connectivity index (χ2v) is 7.19. The zero-order valence-electron chi connectivity index (χ0n) is 14.9. The molecular weight excluding hydrogens is 309 g/mol. The van der Waals surface area contributed by atoms with E-state index < -0.39 is 7.12 Å². The molecule has 1 aromatic rings. The van der Waals surface area contributed by atoms with E-state index in [-0.39, 0.29) is 11.2 Å².